The van der Waals surface area contributed by atoms with Gasteiger partial charge in [0.05, 0.1) is 11.0 Å². The van der Waals surface area contributed by atoms with Gasteiger partial charge in [-0.3, -0.25) is 0 Å². The lowest BCUT2D eigenvalue weighted by atomic mass is 10.00. The van der Waals surface area contributed by atoms with E-state index in [0.717, 1.165) is 27.1 Å². The zero-order valence-corrected chi connectivity index (χ0v) is 28.2. The SMILES string of the molecule is C1=CC=CC=C(c2nc(-c3ccccc3)nc(-c3cccc4c3sc3c(-c5ccc6c(c5)c5ccccc5n6-c5ccccc5)cccc34)n2)C=1. The highest BCUT2D eigenvalue weighted by molar-refractivity contribution is 7.26. The van der Waals surface area contributed by atoms with Gasteiger partial charge in [-0.25, -0.2) is 15.0 Å². The number of rotatable bonds is 5. The molecule has 3 heterocycles. The summed E-state index contributed by atoms with van der Waals surface area (Å²) < 4.78 is 4.76. The smallest absolute Gasteiger partial charge is 0.165 e. The van der Waals surface area contributed by atoms with Crippen LogP contribution < -0.4 is 0 Å². The first-order chi connectivity index (χ1) is 25.3. The molecule has 0 saturated carbocycles. The Bertz CT molecular complexity index is 2940. The Balaban J connectivity index is 1.17. The Morgan fingerprint density at radius 1 is 0.490 bits per heavy atom. The maximum Gasteiger partial charge on any atom is 0.165 e. The molecule has 0 amide bonds. The fourth-order valence-electron chi connectivity index (χ4n) is 7.16. The van der Waals surface area contributed by atoms with Crippen LogP contribution >= 0.6 is 11.3 Å². The van der Waals surface area contributed by atoms with Gasteiger partial charge in [-0.1, -0.05) is 121 Å². The molecule has 0 atom stereocenters. The van der Waals surface area contributed by atoms with E-state index in [-0.39, 0.29) is 0 Å². The monoisotopic (exact) mass is 668 g/mol. The highest BCUT2D eigenvalue weighted by Crippen LogP contribution is 2.44. The third kappa shape index (κ3) is 4.95. The number of allylic oxidation sites excluding steroid dienone is 5. The lowest BCUT2D eigenvalue weighted by molar-refractivity contribution is 1.04. The minimum Gasteiger partial charge on any atom is -0.309 e. The molecule has 238 valence electrons. The molecule has 5 heteroatoms. The van der Waals surface area contributed by atoms with Gasteiger partial charge in [0.1, 0.15) is 0 Å². The van der Waals surface area contributed by atoms with Crippen molar-refractivity contribution < 1.29 is 0 Å². The van der Waals surface area contributed by atoms with Crippen LogP contribution in [0.1, 0.15) is 5.82 Å². The van der Waals surface area contributed by atoms with E-state index in [1.807, 2.05) is 60.7 Å². The standard InChI is InChI=1S/C46H28N4S/c1-2-6-16-30(15-5-1)44-47-45(31-17-7-3-8-18-31)49-46(48-44)38-25-14-24-37-36-23-13-22-34(42(36)51-43(37)38)32-27-28-41-39(29-32)35-21-11-12-26-40(35)50(41)33-19-9-4-10-20-33/h1-5,7-29H. The second kappa shape index (κ2) is 12.0. The van der Waals surface area contributed by atoms with E-state index < -0.39 is 0 Å². The maximum absolute atomic E-state index is 5.08. The summed E-state index contributed by atoms with van der Waals surface area (Å²) in [6.45, 7) is 0. The molecule has 1 aliphatic carbocycles. The quantitative estimate of drug-likeness (QED) is 0.171. The Hall–Kier alpha value is -6.65. The number of nitrogens with zero attached hydrogens (tertiary/aromatic N) is 4. The first-order valence-electron chi connectivity index (χ1n) is 17.0. The van der Waals surface area contributed by atoms with E-state index in [9.17, 15) is 0 Å². The first kappa shape index (κ1) is 29.3. The van der Waals surface area contributed by atoms with Crippen LogP contribution in [0.15, 0.2) is 176 Å². The molecule has 3 aromatic heterocycles. The van der Waals surface area contributed by atoms with Gasteiger partial charge in [-0.05, 0) is 59.7 Å². The van der Waals surface area contributed by atoms with Crippen LogP contribution in [-0.4, -0.2) is 19.5 Å². The number of hydrogen-bond donors (Lipinski definition) is 0. The lowest BCUT2D eigenvalue weighted by Crippen LogP contribution is -2.02. The second-order valence-electron chi connectivity index (χ2n) is 12.5. The summed E-state index contributed by atoms with van der Waals surface area (Å²) in [6, 6.07) is 49.4. The van der Waals surface area contributed by atoms with Crippen LogP contribution in [0.5, 0.6) is 0 Å². The molecule has 0 fully saturated rings. The zero-order valence-electron chi connectivity index (χ0n) is 27.4. The van der Waals surface area contributed by atoms with Crippen LogP contribution in [0.2, 0.25) is 0 Å². The average Bonchev–Trinajstić information content (AvgIpc) is 3.60. The van der Waals surface area contributed by atoms with Gasteiger partial charge in [0.15, 0.2) is 17.5 Å². The summed E-state index contributed by atoms with van der Waals surface area (Å²) in [5.41, 5.74) is 12.0. The molecule has 0 radical (unpaired) electrons. The van der Waals surface area contributed by atoms with E-state index in [4.69, 9.17) is 15.0 Å². The highest BCUT2D eigenvalue weighted by atomic mass is 32.1. The van der Waals surface area contributed by atoms with Gasteiger partial charge in [0, 0.05) is 53.3 Å². The van der Waals surface area contributed by atoms with Crippen molar-refractivity contribution in [3.8, 4) is 39.6 Å². The van der Waals surface area contributed by atoms with Crippen molar-refractivity contribution in [3.63, 3.8) is 0 Å². The molecule has 6 aromatic carbocycles. The summed E-state index contributed by atoms with van der Waals surface area (Å²) in [4.78, 5) is 15.1. The fourth-order valence-corrected chi connectivity index (χ4v) is 8.50. The van der Waals surface area contributed by atoms with E-state index in [1.54, 1.807) is 11.3 Å². The molecule has 0 spiro atoms. The molecule has 4 nitrogen and oxygen atoms in total. The number of thiophene rings is 1. The largest absolute Gasteiger partial charge is 0.309 e. The van der Waals surface area contributed by atoms with Crippen molar-refractivity contribution >= 4 is 58.9 Å². The molecular weight excluding hydrogens is 641 g/mol. The minimum absolute atomic E-state index is 0.619. The topological polar surface area (TPSA) is 43.6 Å². The van der Waals surface area contributed by atoms with Crippen molar-refractivity contribution in [3.05, 3.63) is 181 Å². The minimum atomic E-state index is 0.619. The number of para-hydroxylation sites is 2. The van der Waals surface area contributed by atoms with Gasteiger partial charge in [0.25, 0.3) is 0 Å². The summed E-state index contributed by atoms with van der Waals surface area (Å²) >= 11 is 1.81. The van der Waals surface area contributed by atoms with Crippen LogP contribution in [0.3, 0.4) is 0 Å². The maximum atomic E-state index is 5.08. The van der Waals surface area contributed by atoms with Crippen molar-refractivity contribution in [2.75, 3.05) is 0 Å². The van der Waals surface area contributed by atoms with Crippen molar-refractivity contribution in [2.45, 2.75) is 0 Å². The molecule has 0 aliphatic heterocycles. The number of benzene rings is 6. The summed E-state index contributed by atoms with van der Waals surface area (Å²) in [5.74, 6) is 1.91. The van der Waals surface area contributed by atoms with E-state index in [1.165, 1.54) is 48.4 Å². The normalized spacial score (nSPS) is 12.7. The highest BCUT2D eigenvalue weighted by Gasteiger charge is 2.19. The summed E-state index contributed by atoms with van der Waals surface area (Å²) in [6.07, 6.45) is 9.78. The Kier molecular flexibility index (Phi) is 6.91. The van der Waals surface area contributed by atoms with Gasteiger partial charge in [-0.2, -0.15) is 0 Å². The Labute approximate surface area is 298 Å². The molecule has 9 aromatic rings. The third-order valence-corrected chi connectivity index (χ3v) is 10.8. The lowest BCUT2D eigenvalue weighted by Gasteiger charge is -2.09. The first-order valence-corrected chi connectivity index (χ1v) is 17.8. The van der Waals surface area contributed by atoms with Crippen LogP contribution in [0.4, 0.5) is 0 Å². The predicted molar refractivity (Wildman–Crippen MR) is 213 cm³/mol. The third-order valence-electron chi connectivity index (χ3n) is 9.51. The average molecular weight is 669 g/mol. The van der Waals surface area contributed by atoms with Gasteiger partial charge in [-0.15, -0.1) is 17.1 Å². The van der Waals surface area contributed by atoms with Crippen LogP contribution in [0, 0.1) is 0 Å². The molecule has 0 saturated heterocycles. The fraction of sp³-hybridized carbons (Fsp3) is 0. The van der Waals surface area contributed by atoms with Crippen molar-refractivity contribution in [1.82, 2.24) is 19.5 Å². The number of fused-ring (bicyclic) bond motifs is 6. The van der Waals surface area contributed by atoms with E-state index >= 15 is 0 Å². The molecule has 0 unspecified atom stereocenters. The number of hydrogen-bond acceptors (Lipinski definition) is 4. The molecule has 51 heavy (non-hydrogen) atoms. The molecule has 10 rings (SSSR count). The van der Waals surface area contributed by atoms with Crippen molar-refractivity contribution in [2.24, 2.45) is 0 Å². The van der Waals surface area contributed by atoms with Crippen molar-refractivity contribution in [1.29, 1.82) is 0 Å². The molecular formula is C46H28N4S. The summed E-state index contributed by atoms with van der Waals surface area (Å²) in [5, 5.41) is 4.90. The van der Waals surface area contributed by atoms with E-state index in [2.05, 4.69) is 119 Å². The molecule has 1 aliphatic rings. The van der Waals surface area contributed by atoms with E-state index in [0.29, 0.717) is 17.5 Å². The van der Waals surface area contributed by atoms with Gasteiger partial charge < -0.3 is 4.57 Å². The van der Waals surface area contributed by atoms with Gasteiger partial charge in [0.2, 0.25) is 0 Å². The predicted octanol–water partition coefficient (Wildman–Crippen LogP) is 12.0. The molecule has 0 bridgehead atoms. The van der Waals surface area contributed by atoms with Crippen LogP contribution in [0.25, 0.3) is 87.1 Å². The molecule has 0 N–H and O–H groups in total. The van der Waals surface area contributed by atoms with Crippen LogP contribution in [-0.2, 0) is 0 Å². The Morgan fingerprint density at radius 3 is 2.00 bits per heavy atom. The Morgan fingerprint density at radius 2 is 1.16 bits per heavy atom. The zero-order chi connectivity index (χ0) is 33.7. The number of aromatic nitrogens is 4. The second-order valence-corrected chi connectivity index (χ2v) is 13.6. The van der Waals surface area contributed by atoms with Gasteiger partial charge >= 0.3 is 0 Å². The summed E-state index contributed by atoms with van der Waals surface area (Å²) in [7, 11) is 0.